The second kappa shape index (κ2) is 5.16. The summed E-state index contributed by atoms with van der Waals surface area (Å²) < 4.78 is 1.74. The molecule has 20 heavy (non-hydrogen) atoms. The van der Waals surface area contributed by atoms with E-state index in [0.717, 1.165) is 28.3 Å². The van der Waals surface area contributed by atoms with Crippen LogP contribution in [0, 0.1) is 0 Å². The molecule has 3 aromatic rings. The van der Waals surface area contributed by atoms with Crippen LogP contribution in [0.2, 0.25) is 0 Å². The zero-order valence-corrected chi connectivity index (χ0v) is 12.5. The molecule has 104 valence electrons. The van der Waals surface area contributed by atoms with Crippen molar-refractivity contribution in [3.05, 3.63) is 28.6 Å². The first-order valence-corrected chi connectivity index (χ1v) is 7.34. The molecule has 3 aromatic heterocycles. The maximum Gasteiger partial charge on any atom is 0.163 e. The van der Waals surface area contributed by atoms with Crippen LogP contribution in [0.1, 0.15) is 29.8 Å². The number of thiazole rings is 1. The molecule has 0 radical (unpaired) electrons. The summed E-state index contributed by atoms with van der Waals surface area (Å²) >= 11 is 1.73. The van der Waals surface area contributed by atoms with Gasteiger partial charge in [0, 0.05) is 18.1 Å². The molecule has 0 spiro atoms. The summed E-state index contributed by atoms with van der Waals surface area (Å²) in [6, 6.07) is 0.110. The predicted octanol–water partition coefficient (Wildman–Crippen LogP) is 2.56. The topological polar surface area (TPSA) is 68.5 Å². The summed E-state index contributed by atoms with van der Waals surface area (Å²) in [6.45, 7) is 4.22. The Morgan fingerprint density at radius 1 is 1.30 bits per heavy atom. The molecule has 0 fully saturated rings. The van der Waals surface area contributed by atoms with Gasteiger partial charge in [0.05, 0.1) is 17.6 Å². The van der Waals surface area contributed by atoms with Crippen molar-refractivity contribution < 1.29 is 0 Å². The van der Waals surface area contributed by atoms with Crippen LogP contribution in [-0.4, -0.2) is 24.7 Å². The number of nitrogens with zero attached hydrogens (tertiary/aromatic N) is 5. The Balaban J connectivity index is 1.89. The van der Waals surface area contributed by atoms with E-state index in [1.807, 2.05) is 13.2 Å². The Hall–Kier alpha value is -2.02. The van der Waals surface area contributed by atoms with E-state index in [1.165, 1.54) is 4.88 Å². The fourth-order valence-corrected chi connectivity index (χ4v) is 2.89. The van der Waals surface area contributed by atoms with Gasteiger partial charge in [-0.25, -0.2) is 15.0 Å². The number of hydrogen-bond acceptors (Lipinski definition) is 6. The molecule has 3 rings (SSSR count). The Morgan fingerprint density at radius 2 is 2.15 bits per heavy atom. The SMILES string of the molecule is CCc1cnc(C(C)Nc2ncnc3c2cnn3C)s1. The van der Waals surface area contributed by atoms with E-state index in [0.29, 0.717) is 0 Å². The van der Waals surface area contributed by atoms with E-state index in [2.05, 4.69) is 39.2 Å². The van der Waals surface area contributed by atoms with E-state index >= 15 is 0 Å². The average Bonchev–Trinajstić information content (AvgIpc) is 3.07. The number of rotatable bonds is 4. The van der Waals surface area contributed by atoms with Gasteiger partial charge in [0.2, 0.25) is 0 Å². The van der Waals surface area contributed by atoms with Crippen LogP contribution in [0.3, 0.4) is 0 Å². The highest BCUT2D eigenvalue weighted by Gasteiger charge is 2.14. The highest BCUT2D eigenvalue weighted by atomic mass is 32.1. The number of fused-ring (bicyclic) bond motifs is 1. The lowest BCUT2D eigenvalue weighted by Gasteiger charge is -2.12. The van der Waals surface area contributed by atoms with Crippen LogP contribution in [-0.2, 0) is 13.5 Å². The minimum Gasteiger partial charge on any atom is -0.360 e. The standard InChI is InChI=1S/C13H16N6S/c1-4-9-5-14-13(20-9)8(2)18-11-10-6-17-19(3)12(10)16-7-15-11/h5-8H,4H2,1-3H3,(H,15,16,18). The van der Waals surface area contributed by atoms with Crippen molar-refractivity contribution >= 4 is 28.2 Å². The molecule has 3 heterocycles. The lowest BCUT2D eigenvalue weighted by atomic mass is 10.3. The average molecular weight is 288 g/mol. The zero-order chi connectivity index (χ0) is 14.1. The van der Waals surface area contributed by atoms with Crippen LogP contribution in [0.25, 0.3) is 11.0 Å². The summed E-state index contributed by atoms with van der Waals surface area (Å²) in [5.74, 6) is 0.795. The molecule has 0 aliphatic carbocycles. The molecule has 1 N–H and O–H groups in total. The van der Waals surface area contributed by atoms with Crippen molar-refractivity contribution in [3.63, 3.8) is 0 Å². The Kier molecular flexibility index (Phi) is 3.35. The maximum atomic E-state index is 4.46. The Bertz CT molecular complexity index is 731. The minimum absolute atomic E-state index is 0.110. The highest BCUT2D eigenvalue weighted by Crippen LogP contribution is 2.26. The van der Waals surface area contributed by atoms with Gasteiger partial charge in [-0.3, -0.25) is 4.68 Å². The molecule has 0 amide bonds. The number of aromatic nitrogens is 5. The van der Waals surface area contributed by atoms with Crippen molar-refractivity contribution in [1.82, 2.24) is 24.7 Å². The summed E-state index contributed by atoms with van der Waals surface area (Å²) in [7, 11) is 1.87. The first-order chi connectivity index (χ1) is 9.69. The van der Waals surface area contributed by atoms with Gasteiger partial charge < -0.3 is 5.32 Å². The normalized spacial score (nSPS) is 12.8. The van der Waals surface area contributed by atoms with Gasteiger partial charge in [-0.1, -0.05) is 6.92 Å². The Labute approximate surface area is 120 Å². The van der Waals surface area contributed by atoms with Gasteiger partial charge >= 0.3 is 0 Å². The van der Waals surface area contributed by atoms with E-state index < -0.39 is 0 Å². The van der Waals surface area contributed by atoms with E-state index in [1.54, 1.807) is 28.5 Å². The largest absolute Gasteiger partial charge is 0.360 e. The number of nitrogens with one attached hydrogen (secondary N) is 1. The highest BCUT2D eigenvalue weighted by molar-refractivity contribution is 7.11. The molecule has 0 aliphatic heterocycles. The third-order valence-electron chi connectivity index (χ3n) is 3.17. The summed E-state index contributed by atoms with van der Waals surface area (Å²) in [5, 5.41) is 9.60. The molecule has 0 aliphatic rings. The van der Waals surface area contributed by atoms with Crippen molar-refractivity contribution in [3.8, 4) is 0 Å². The first kappa shape index (κ1) is 13.0. The molecule has 0 bridgehead atoms. The summed E-state index contributed by atoms with van der Waals surface area (Å²) in [6.07, 6.45) is 6.30. The molecular formula is C13H16N6S. The smallest absolute Gasteiger partial charge is 0.163 e. The molecule has 1 unspecified atom stereocenters. The minimum atomic E-state index is 0.110. The van der Waals surface area contributed by atoms with E-state index in [-0.39, 0.29) is 6.04 Å². The molecule has 7 heteroatoms. The summed E-state index contributed by atoms with van der Waals surface area (Å²) in [4.78, 5) is 14.3. The third-order valence-corrected chi connectivity index (χ3v) is 4.50. The zero-order valence-electron chi connectivity index (χ0n) is 11.7. The van der Waals surface area contributed by atoms with Crippen LogP contribution in [0.4, 0.5) is 5.82 Å². The molecule has 1 atom stereocenters. The van der Waals surface area contributed by atoms with E-state index in [4.69, 9.17) is 0 Å². The maximum absolute atomic E-state index is 4.46. The number of hydrogen-bond donors (Lipinski definition) is 1. The van der Waals surface area contributed by atoms with Crippen LogP contribution >= 0.6 is 11.3 Å². The van der Waals surface area contributed by atoms with Crippen molar-refractivity contribution in [2.75, 3.05) is 5.32 Å². The predicted molar refractivity (Wildman–Crippen MR) is 79.8 cm³/mol. The molecule has 0 saturated carbocycles. The van der Waals surface area contributed by atoms with Gasteiger partial charge in [-0.2, -0.15) is 5.10 Å². The van der Waals surface area contributed by atoms with Gasteiger partial charge in [-0.15, -0.1) is 11.3 Å². The summed E-state index contributed by atoms with van der Waals surface area (Å²) in [5.41, 5.74) is 0.822. The Morgan fingerprint density at radius 3 is 2.90 bits per heavy atom. The van der Waals surface area contributed by atoms with Gasteiger partial charge in [-0.05, 0) is 13.3 Å². The van der Waals surface area contributed by atoms with Gasteiger partial charge in [0.25, 0.3) is 0 Å². The fraction of sp³-hybridized carbons (Fsp3) is 0.385. The van der Waals surface area contributed by atoms with Gasteiger partial charge in [0.15, 0.2) is 5.65 Å². The molecular weight excluding hydrogens is 272 g/mol. The van der Waals surface area contributed by atoms with Crippen LogP contribution in [0.5, 0.6) is 0 Å². The lowest BCUT2D eigenvalue weighted by molar-refractivity contribution is 0.785. The third kappa shape index (κ3) is 2.24. The van der Waals surface area contributed by atoms with Crippen molar-refractivity contribution in [2.45, 2.75) is 26.3 Å². The lowest BCUT2D eigenvalue weighted by Crippen LogP contribution is -2.08. The quantitative estimate of drug-likeness (QED) is 0.799. The second-order valence-electron chi connectivity index (χ2n) is 4.61. The van der Waals surface area contributed by atoms with Crippen LogP contribution < -0.4 is 5.32 Å². The molecule has 6 nitrogen and oxygen atoms in total. The second-order valence-corrected chi connectivity index (χ2v) is 5.76. The van der Waals surface area contributed by atoms with Crippen molar-refractivity contribution in [1.29, 1.82) is 0 Å². The molecule has 0 saturated heterocycles. The van der Waals surface area contributed by atoms with Crippen LogP contribution in [0.15, 0.2) is 18.7 Å². The number of anilines is 1. The number of aryl methyl sites for hydroxylation is 2. The van der Waals surface area contributed by atoms with E-state index in [9.17, 15) is 0 Å². The van der Waals surface area contributed by atoms with Crippen molar-refractivity contribution in [2.24, 2.45) is 7.05 Å². The first-order valence-electron chi connectivity index (χ1n) is 6.53. The molecule has 0 aromatic carbocycles. The monoisotopic (exact) mass is 288 g/mol. The fourth-order valence-electron chi connectivity index (χ4n) is 2.03. The van der Waals surface area contributed by atoms with Gasteiger partial charge in [0.1, 0.15) is 17.2 Å².